The molecule has 3 nitrogen and oxygen atoms in total. The zero-order chi connectivity index (χ0) is 10.3. The van der Waals surface area contributed by atoms with E-state index in [1.165, 1.54) is 0 Å². The van der Waals surface area contributed by atoms with Crippen LogP contribution in [-0.2, 0) is 0 Å². The van der Waals surface area contributed by atoms with Crippen molar-refractivity contribution in [3.05, 3.63) is 0 Å². The number of nitriles is 1. The minimum Gasteiger partial charge on any atom is -0.315 e. The molecule has 13 heavy (non-hydrogen) atoms. The molecule has 0 fully saturated rings. The Morgan fingerprint density at radius 3 is 2.38 bits per heavy atom. The molecule has 1 N–H and O–H groups in total. The lowest BCUT2D eigenvalue weighted by molar-refractivity contribution is 0.383. The number of nitrogens with zero attached hydrogens (tertiary/aromatic N) is 2. The number of hydrogen-bond acceptors (Lipinski definition) is 3. The maximum atomic E-state index is 8.75. The Labute approximate surface area is 81.7 Å². The van der Waals surface area contributed by atoms with Gasteiger partial charge in [0.25, 0.3) is 0 Å². The molecule has 3 heteroatoms. The van der Waals surface area contributed by atoms with Crippen molar-refractivity contribution in [1.29, 1.82) is 5.26 Å². The fourth-order valence-electron chi connectivity index (χ4n) is 0.884. The van der Waals surface area contributed by atoms with Gasteiger partial charge in [-0.2, -0.15) is 5.26 Å². The van der Waals surface area contributed by atoms with Crippen LogP contribution < -0.4 is 5.32 Å². The first-order chi connectivity index (χ1) is 5.98. The Bertz CT molecular complexity index is 167. The molecule has 0 aromatic rings. The molecule has 0 aliphatic rings. The summed E-state index contributed by atoms with van der Waals surface area (Å²) in [5.41, 5.74) is -0.189. The normalized spacial score (nSPS) is 11.7. The lowest BCUT2D eigenvalue weighted by Gasteiger charge is -2.16. The minimum atomic E-state index is -0.189. The topological polar surface area (TPSA) is 39.1 Å². The summed E-state index contributed by atoms with van der Waals surface area (Å²) in [6, 6.07) is 2.29. The molecule has 0 atom stereocenters. The molecule has 0 radical (unpaired) electrons. The maximum Gasteiger partial charge on any atom is 0.0684 e. The van der Waals surface area contributed by atoms with Gasteiger partial charge in [-0.3, -0.25) is 0 Å². The molecule has 0 bridgehead atoms. The van der Waals surface area contributed by atoms with Crippen LogP contribution in [0.4, 0.5) is 0 Å². The third kappa shape index (κ3) is 7.76. The van der Waals surface area contributed by atoms with Gasteiger partial charge in [0, 0.05) is 13.1 Å². The highest BCUT2D eigenvalue weighted by Crippen LogP contribution is 2.16. The van der Waals surface area contributed by atoms with Crippen molar-refractivity contribution in [1.82, 2.24) is 10.2 Å². The molecule has 0 saturated carbocycles. The molecular formula is C10H21N3. The van der Waals surface area contributed by atoms with Gasteiger partial charge in [0.2, 0.25) is 0 Å². The fourth-order valence-corrected chi connectivity index (χ4v) is 0.884. The zero-order valence-corrected chi connectivity index (χ0v) is 9.22. The largest absolute Gasteiger partial charge is 0.315 e. The summed E-state index contributed by atoms with van der Waals surface area (Å²) in [6.45, 7) is 6.91. The average Bonchev–Trinajstić information content (AvgIpc) is 2.03. The van der Waals surface area contributed by atoms with E-state index in [9.17, 15) is 0 Å². The van der Waals surface area contributed by atoms with Gasteiger partial charge in [0.05, 0.1) is 11.5 Å². The standard InChI is InChI=1S/C10H21N3/c1-10(2,9-11)5-6-12-7-8-13(3)4/h12H,5-8H2,1-4H3. The van der Waals surface area contributed by atoms with Crippen molar-refractivity contribution in [3.8, 4) is 6.07 Å². The first-order valence-corrected chi connectivity index (χ1v) is 4.74. The predicted octanol–water partition coefficient (Wildman–Crippen LogP) is 1.08. The van der Waals surface area contributed by atoms with Crippen molar-refractivity contribution in [2.75, 3.05) is 33.7 Å². The lowest BCUT2D eigenvalue weighted by atomic mass is 9.92. The monoisotopic (exact) mass is 183 g/mol. The quantitative estimate of drug-likeness (QED) is 0.626. The summed E-state index contributed by atoms with van der Waals surface area (Å²) in [6.07, 6.45) is 0.914. The van der Waals surface area contributed by atoms with Crippen molar-refractivity contribution in [3.63, 3.8) is 0 Å². The van der Waals surface area contributed by atoms with Crippen molar-refractivity contribution < 1.29 is 0 Å². The van der Waals surface area contributed by atoms with E-state index in [0.29, 0.717) is 0 Å². The van der Waals surface area contributed by atoms with Crippen LogP contribution in [0.25, 0.3) is 0 Å². The summed E-state index contributed by atoms with van der Waals surface area (Å²) < 4.78 is 0. The summed E-state index contributed by atoms with van der Waals surface area (Å²) in [4.78, 5) is 2.14. The van der Waals surface area contributed by atoms with E-state index in [2.05, 4.69) is 30.4 Å². The van der Waals surface area contributed by atoms with E-state index in [1.807, 2.05) is 13.8 Å². The molecular weight excluding hydrogens is 162 g/mol. The van der Waals surface area contributed by atoms with Crippen molar-refractivity contribution >= 4 is 0 Å². The van der Waals surface area contributed by atoms with Crippen molar-refractivity contribution in [2.45, 2.75) is 20.3 Å². The van der Waals surface area contributed by atoms with Crippen LogP contribution in [0.3, 0.4) is 0 Å². The van der Waals surface area contributed by atoms with E-state index in [0.717, 1.165) is 26.1 Å². The van der Waals surface area contributed by atoms with Crippen LogP contribution in [-0.4, -0.2) is 38.6 Å². The Hall–Kier alpha value is -0.590. The number of likely N-dealkylation sites (N-methyl/N-ethyl adjacent to an activating group) is 1. The first kappa shape index (κ1) is 12.4. The predicted molar refractivity (Wildman–Crippen MR) is 55.4 cm³/mol. The molecule has 0 heterocycles. The van der Waals surface area contributed by atoms with Crippen LogP contribution in [0.15, 0.2) is 0 Å². The molecule has 0 aromatic carbocycles. The van der Waals surface area contributed by atoms with Gasteiger partial charge < -0.3 is 10.2 Å². The van der Waals surface area contributed by atoms with Gasteiger partial charge in [-0.25, -0.2) is 0 Å². The molecule has 0 amide bonds. The molecule has 0 aromatic heterocycles. The van der Waals surface area contributed by atoms with Crippen molar-refractivity contribution in [2.24, 2.45) is 5.41 Å². The third-order valence-corrected chi connectivity index (χ3v) is 1.97. The first-order valence-electron chi connectivity index (χ1n) is 4.74. The summed E-state index contributed by atoms with van der Waals surface area (Å²) in [5, 5.41) is 12.1. The second-order valence-electron chi connectivity index (χ2n) is 4.30. The second kappa shape index (κ2) is 5.95. The van der Waals surface area contributed by atoms with Crippen LogP contribution >= 0.6 is 0 Å². The molecule has 0 spiro atoms. The number of rotatable bonds is 6. The Morgan fingerprint density at radius 2 is 1.92 bits per heavy atom. The van der Waals surface area contributed by atoms with Crippen LogP contribution in [0.2, 0.25) is 0 Å². The van der Waals surface area contributed by atoms with E-state index in [4.69, 9.17) is 5.26 Å². The highest BCUT2D eigenvalue weighted by molar-refractivity contribution is 4.91. The minimum absolute atomic E-state index is 0.189. The van der Waals surface area contributed by atoms with Gasteiger partial charge in [-0.05, 0) is 40.9 Å². The van der Waals surface area contributed by atoms with Gasteiger partial charge in [0.1, 0.15) is 0 Å². The maximum absolute atomic E-state index is 8.75. The van der Waals surface area contributed by atoms with Gasteiger partial charge in [-0.15, -0.1) is 0 Å². The molecule has 76 valence electrons. The number of nitrogens with one attached hydrogen (secondary N) is 1. The second-order valence-corrected chi connectivity index (χ2v) is 4.30. The SMILES string of the molecule is CN(C)CCNCCC(C)(C)C#N. The summed E-state index contributed by atoms with van der Waals surface area (Å²) >= 11 is 0. The van der Waals surface area contributed by atoms with Gasteiger partial charge in [0.15, 0.2) is 0 Å². The van der Waals surface area contributed by atoms with E-state index < -0.39 is 0 Å². The molecule has 0 aliphatic heterocycles. The van der Waals surface area contributed by atoms with Crippen LogP contribution in [0.5, 0.6) is 0 Å². The molecule has 0 aliphatic carbocycles. The highest BCUT2D eigenvalue weighted by atomic mass is 15.1. The lowest BCUT2D eigenvalue weighted by Crippen LogP contribution is -2.29. The van der Waals surface area contributed by atoms with Crippen LogP contribution in [0.1, 0.15) is 20.3 Å². The summed E-state index contributed by atoms with van der Waals surface area (Å²) in [7, 11) is 4.11. The highest BCUT2D eigenvalue weighted by Gasteiger charge is 2.14. The van der Waals surface area contributed by atoms with Gasteiger partial charge in [-0.1, -0.05) is 0 Å². The van der Waals surface area contributed by atoms with E-state index >= 15 is 0 Å². The van der Waals surface area contributed by atoms with E-state index in [-0.39, 0.29) is 5.41 Å². The van der Waals surface area contributed by atoms with Crippen LogP contribution in [0, 0.1) is 16.7 Å². The average molecular weight is 183 g/mol. The Balaban J connectivity index is 3.32. The zero-order valence-electron chi connectivity index (χ0n) is 9.22. The third-order valence-electron chi connectivity index (χ3n) is 1.97. The molecule has 0 saturated heterocycles. The molecule has 0 unspecified atom stereocenters. The van der Waals surface area contributed by atoms with E-state index in [1.54, 1.807) is 0 Å². The smallest absolute Gasteiger partial charge is 0.0684 e. The molecule has 0 rings (SSSR count). The Morgan fingerprint density at radius 1 is 1.31 bits per heavy atom. The summed E-state index contributed by atoms with van der Waals surface area (Å²) in [5.74, 6) is 0. The fraction of sp³-hybridized carbons (Fsp3) is 0.900. The van der Waals surface area contributed by atoms with Gasteiger partial charge >= 0.3 is 0 Å². The Kier molecular flexibility index (Phi) is 5.68. The number of hydrogen-bond donors (Lipinski definition) is 1.